The van der Waals surface area contributed by atoms with Crippen LogP contribution in [0.1, 0.15) is 38.3 Å². The van der Waals surface area contributed by atoms with Gasteiger partial charge in [0.25, 0.3) is 0 Å². The van der Waals surface area contributed by atoms with E-state index in [1.54, 1.807) is 6.92 Å². The van der Waals surface area contributed by atoms with Gasteiger partial charge in [0.05, 0.1) is 17.7 Å². The van der Waals surface area contributed by atoms with E-state index in [2.05, 4.69) is 5.32 Å². The zero-order valence-corrected chi connectivity index (χ0v) is 16.5. The molecule has 2 aromatic carbocycles. The van der Waals surface area contributed by atoms with Crippen molar-refractivity contribution in [2.45, 2.75) is 44.9 Å². The molecule has 0 radical (unpaired) electrons. The average molecular weight is 402 g/mol. The van der Waals surface area contributed by atoms with E-state index >= 15 is 0 Å². The molecule has 3 nitrogen and oxygen atoms in total. The molecule has 0 heterocycles. The number of allylic oxidation sites excluding steroid dienone is 4. The third kappa shape index (κ3) is 4.88. The number of nitrogens with one attached hydrogen (secondary N) is 1. The van der Waals surface area contributed by atoms with Gasteiger partial charge in [0, 0.05) is 0 Å². The molecule has 3 N–H and O–H groups in total. The third-order valence-corrected chi connectivity index (χ3v) is 5.38. The van der Waals surface area contributed by atoms with Crippen LogP contribution in [0.15, 0.2) is 66.3 Å². The van der Waals surface area contributed by atoms with E-state index in [9.17, 15) is 18.0 Å². The van der Waals surface area contributed by atoms with Crippen LogP contribution in [0, 0.1) is 5.41 Å². The smallest absolute Gasteiger partial charge is 0.348 e. The van der Waals surface area contributed by atoms with Gasteiger partial charge in [-0.3, -0.25) is 4.79 Å². The lowest BCUT2D eigenvalue weighted by atomic mass is 9.76. The van der Waals surface area contributed by atoms with Crippen LogP contribution in [0.3, 0.4) is 0 Å². The Balaban J connectivity index is 1.70. The molecule has 0 fully saturated rings. The van der Waals surface area contributed by atoms with Crippen LogP contribution in [-0.2, 0) is 4.79 Å². The number of carbonyl (C=O) groups excluding carboxylic acids is 1. The summed E-state index contributed by atoms with van der Waals surface area (Å²) >= 11 is 0. The average Bonchev–Trinajstić information content (AvgIpc) is 2.66. The van der Waals surface area contributed by atoms with Gasteiger partial charge in [0.15, 0.2) is 0 Å². The lowest BCUT2D eigenvalue weighted by Gasteiger charge is -2.31. The van der Waals surface area contributed by atoms with Gasteiger partial charge in [-0.15, -0.1) is 0 Å². The highest BCUT2D eigenvalue weighted by atomic mass is 19.4. The summed E-state index contributed by atoms with van der Waals surface area (Å²) in [6, 6.07) is 12.6. The molecule has 0 aromatic heterocycles. The van der Waals surface area contributed by atoms with Crippen LogP contribution < -0.4 is 11.1 Å². The van der Waals surface area contributed by atoms with Crippen LogP contribution in [0.2, 0.25) is 0 Å². The summed E-state index contributed by atoms with van der Waals surface area (Å²) in [6.07, 6.45) is -0.110. The minimum absolute atomic E-state index is 0.130. The molecule has 3 atom stereocenters. The zero-order chi connectivity index (χ0) is 21.2. The normalized spacial score (nSPS) is 21.5. The van der Waals surface area contributed by atoms with Crippen LogP contribution in [0.4, 0.5) is 13.2 Å². The maximum Gasteiger partial charge on any atom is 0.416 e. The zero-order valence-electron chi connectivity index (χ0n) is 16.5. The minimum atomic E-state index is -4.41. The number of rotatable bonds is 5. The van der Waals surface area contributed by atoms with E-state index in [-0.39, 0.29) is 18.4 Å². The maximum atomic E-state index is 13.0. The molecule has 1 aliphatic rings. The summed E-state index contributed by atoms with van der Waals surface area (Å²) in [5, 5.41) is 5.02. The van der Waals surface area contributed by atoms with Gasteiger partial charge in [0.2, 0.25) is 5.91 Å². The molecule has 6 heteroatoms. The highest BCUT2D eigenvalue weighted by Crippen LogP contribution is 2.39. The SMILES string of the molecule is C[C@@H](NC(=O)C(N)CC1(C)C=C(C(F)(F)F)C=CC1)c1cccc2ccccc12. The van der Waals surface area contributed by atoms with Crippen molar-refractivity contribution in [2.24, 2.45) is 11.1 Å². The number of fused-ring (bicyclic) bond motifs is 1. The first kappa shape index (κ1) is 21.1. The van der Waals surface area contributed by atoms with Crippen LogP contribution in [-0.4, -0.2) is 18.1 Å². The van der Waals surface area contributed by atoms with Gasteiger partial charge in [-0.2, -0.15) is 13.2 Å². The van der Waals surface area contributed by atoms with Gasteiger partial charge >= 0.3 is 6.18 Å². The fourth-order valence-corrected chi connectivity index (χ4v) is 3.88. The standard InChI is InChI=1S/C23H25F3N2O/c1-15(18-11-5-8-16-7-3-4-10-19(16)18)28-21(29)20(27)14-22(2)12-6-9-17(13-22)23(24,25)26/h3-11,13,15,20H,12,14,27H2,1-2H3,(H,28,29)/t15-,20?,22?/m1/s1. The fourth-order valence-electron chi connectivity index (χ4n) is 3.88. The van der Waals surface area contributed by atoms with E-state index in [0.29, 0.717) is 6.42 Å². The van der Waals surface area contributed by atoms with Gasteiger partial charge in [-0.25, -0.2) is 0 Å². The van der Waals surface area contributed by atoms with E-state index in [1.165, 1.54) is 12.2 Å². The van der Waals surface area contributed by atoms with Gasteiger partial charge in [-0.05, 0) is 41.5 Å². The summed E-state index contributed by atoms with van der Waals surface area (Å²) < 4.78 is 39.1. The first-order valence-electron chi connectivity index (χ1n) is 9.59. The summed E-state index contributed by atoms with van der Waals surface area (Å²) in [6.45, 7) is 3.57. The van der Waals surface area contributed by atoms with E-state index < -0.39 is 23.2 Å². The summed E-state index contributed by atoms with van der Waals surface area (Å²) in [5.41, 5.74) is 5.54. The third-order valence-electron chi connectivity index (χ3n) is 5.38. The van der Waals surface area contributed by atoms with E-state index in [1.807, 2.05) is 49.4 Å². The monoisotopic (exact) mass is 402 g/mol. The predicted octanol–water partition coefficient (Wildman–Crippen LogP) is 5.19. The van der Waals surface area contributed by atoms with Crippen molar-refractivity contribution < 1.29 is 18.0 Å². The Labute approximate surface area is 168 Å². The van der Waals surface area contributed by atoms with Crippen molar-refractivity contribution in [3.8, 4) is 0 Å². The first-order valence-corrected chi connectivity index (χ1v) is 9.59. The van der Waals surface area contributed by atoms with Crippen molar-refractivity contribution in [1.82, 2.24) is 5.32 Å². The molecule has 1 aliphatic carbocycles. The van der Waals surface area contributed by atoms with Crippen molar-refractivity contribution >= 4 is 16.7 Å². The fraction of sp³-hybridized carbons (Fsp3) is 0.348. The number of carbonyl (C=O) groups is 1. The molecule has 0 saturated carbocycles. The minimum Gasteiger partial charge on any atom is -0.348 e. The Morgan fingerprint density at radius 3 is 2.62 bits per heavy atom. The van der Waals surface area contributed by atoms with Crippen LogP contribution >= 0.6 is 0 Å². The number of nitrogens with two attached hydrogens (primary N) is 1. The van der Waals surface area contributed by atoms with E-state index in [4.69, 9.17) is 5.73 Å². The molecular weight excluding hydrogens is 377 g/mol. The lowest BCUT2D eigenvalue weighted by molar-refractivity contribution is -0.123. The molecule has 1 amide bonds. The second-order valence-corrected chi connectivity index (χ2v) is 7.97. The van der Waals surface area contributed by atoms with Crippen molar-refractivity contribution in [2.75, 3.05) is 0 Å². The Hall–Kier alpha value is -2.60. The Morgan fingerprint density at radius 1 is 1.21 bits per heavy atom. The van der Waals surface area contributed by atoms with Gasteiger partial charge < -0.3 is 11.1 Å². The highest BCUT2D eigenvalue weighted by Gasteiger charge is 2.37. The van der Waals surface area contributed by atoms with Crippen molar-refractivity contribution in [1.29, 1.82) is 0 Å². The maximum absolute atomic E-state index is 13.0. The first-order chi connectivity index (χ1) is 13.6. The predicted molar refractivity (Wildman–Crippen MR) is 109 cm³/mol. The molecule has 0 bridgehead atoms. The Morgan fingerprint density at radius 2 is 1.90 bits per heavy atom. The van der Waals surface area contributed by atoms with Crippen molar-refractivity contribution in [3.05, 3.63) is 71.8 Å². The van der Waals surface area contributed by atoms with Gasteiger partial charge in [-0.1, -0.05) is 67.6 Å². The molecule has 0 aliphatic heterocycles. The highest BCUT2D eigenvalue weighted by molar-refractivity contribution is 5.87. The van der Waals surface area contributed by atoms with Crippen LogP contribution in [0.5, 0.6) is 0 Å². The molecule has 2 aromatic rings. The van der Waals surface area contributed by atoms with E-state index in [0.717, 1.165) is 22.4 Å². The molecule has 0 saturated heterocycles. The number of alkyl halides is 3. The largest absolute Gasteiger partial charge is 0.416 e. The Bertz CT molecular complexity index is 959. The quantitative estimate of drug-likeness (QED) is 0.723. The molecule has 29 heavy (non-hydrogen) atoms. The number of halogens is 3. The molecule has 2 unspecified atom stereocenters. The second-order valence-electron chi connectivity index (χ2n) is 7.97. The number of amides is 1. The van der Waals surface area contributed by atoms with Crippen LogP contribution in [0.25, 0.3) is 10.8 Å². The van der Waals surface area contributed by atoms with Crippen molar-refractivity contribution in [3.63, 3.8) is 0 Å². The Kier molecular flexibility index (Phi) is 5.85. The molecule has 0 spiro atoms. The summed E-state index contributed by atoms with van der Waals surface area (Å²) in [4.78, 5) is 12.7. The molecular formula is C23H25F3N2O. The number of hydrogen-bond donors (Lipinski definition) is 2. The second kappa shape index (κ2) is 8.03. The van der Waals surface area contributed by atoms with Gasteiger partial charge in [0.1, 0.15) is 0 Å². The molecule has 3 rings (SSSR count). The molecule has 154 valence electrons. The summed E-state index contributed by atoms with van der Waals surface area (Å²) in [5.74, 6) is -0.372. The number of benzene rings is 2. The summed E-state index contributed by atoms with van der Waals surface area (Å²) in [7, 11) is 0. The number of hydrogen-bond acceptors (Lipinski definition) is 2. The lowest BCUT2D eigenvalue weighted by Crippen LogP contribution is -2.44. The topological polar surface area (TPSA) is 55.1 Å².